The predicted octanol–water partition coefficient (Wildman–Crippen LogP) is 4.87. The maximum absolute atomic E-state index is 11.3. The lowest BCUT2D eigenvalue weighted by atomic mass is 9.49. The van der Waals surface area contributed by atoms with Crippen LogP contribution >= 0.6 is 0 Å². The van der Waals surface area contributed by atoms with Gasteiger partial charge in [-0.15, -0.1) is 0 Å². The van der Waals surface area contributed by atoms with E-state index in [0.29, 0.717) is 5.41 Å². The number of hydrogen-bond acceptors (Lipinski definition) is 2. The van der Waals surface area contributed by atoms with E-state index in [2.05, 4.69) is 0 Å². The van der Waals surface area contributed by atoms with Gasteiger partial charge < -0.3 is 4.74 Å². The summed E-state index contributed by atoms with van der Waals surface area (Å²) in [7, 11) is 0. The second kappa shape index (κ2) is 5.40. The van der Waals surface area contributed by atoms with Crippen molar-refractivity contribution in [1.82, 2.24) is 0 Å². The Hall–Kier alpha value is -1.31. The molecule has 0 aromatic heterocycles. The number of hydrogen-bond donors (Lipinski definition) is 0. The first-order valence-electron chi connectivity index (χ1n) is 8.86. The quantitative estimate of drug-likeness (QED) is 0.725. The fraction of sp³-hybridized carbons (Fsp3) is 0.650. The van der Waals surface area contributed by atoms with Crippen LogP contribution in [0.3, 0.4) is 0 Å². The van der Waals surface area contributed by atoms with Crippen molar-refractivity contribution in [2.24, 2.45) is 23.2 Å². The minimum absolute atomic E-state index is 0.111. The van der Waals surface area contributed by atoms with Crippen molar-refractivity contribution in [1.29, 1.82) is 0 Å². The van der Waals surface area contributed by atoms with Crippen molar-refractivity contribution in [2.75, 3.05) is 6.61 Å². The summed E-state index contributed by atoms with van der Waals surface area (Å²) in [5, 5.41) is 0. The molecule has 2 heteroatoms. The highest BCUT2D eigenvalue weighted by Gasteiger charge is 2.50. The lowest BCUT2D eigenvalue weighted by molar-refractivity contribution is -0.0622. The summed E-state index contributed by atoms with van der Waals surface area (Å²) in [6, 6.07) is 7.58. The van der Waals surface area contributed by atoms with Crippen LogP contribution in [0.5, 0.6) is 5.75 Å². The van der Waals surface area contributed by atoms with Crippen LogP contribution in [-0.2, 0) is 0 Å². The molecule has 0 saturated heterocycles. The van der Waals surface area contributed by atoms with Gasteiger partial charge in [-0.25, -0.2) is 0 Å². The molecule has 0 unspecified atom stereocenters. The molecule has 4 saturated carbocycles. The molecular weight excluding hydrogens is 272 g/mol. The molecule has 0 amide bonds. The fourth-order valence-corrected chi connectivity index (χ4v) is 5.77. The van der Waals surface area contributed by atoms with Crippen LogP contribution in [-0.4, -0.2) is 12.4 Å². The first-order chi connectivity index (χ1) is 10.6. The highest BCUT2D eigenvalue weighted by atomic mass is 16.5. The Kier molecular flexibility index (Phi) is 3.51. The summed E-state index contributed by atoms with van der Waals surface area (Å²) >= 11 is 0. The van der Waals surface area contributed by atoms with Gasteiger partial charge in [-0.05, 0) is 99.3 Å². The van der Waals surface area contributed by atoms with E-state index >= 15 is 0 Å². The van der Waals surface area contributed by atoms with Crippen molar-refractivity contribution in [3.63, 3.8) is 0 Å². The lowest BCUT2D eigenvalue weighted by Crippen LogP contribution is -2.46. The van der Waals surface area contributed by atoms with Gasteiger partial charge in [0, 0.05) is 5.56 Å². The van der Waals surface area contributed by atoms with Gasteiger partial charge in [0.25, 0.3) is 0 Å². The van der Waals surface area contributed by atoms with E-state index < -0.39 is 0 Å². The van der Waals surface area contributed by atoms with Gasteiger partial charge in [-0.3, -0.25) is 4.79 Å². The van der Waals surface area contributed by atoms with E-state index in [0.717, 1.165) is 35.7 Å². The van der Waals surface area contributed by atoms with Gasteiger partial charge in [0.2, 0.25) is 0 Å². The standard InChI is InChI=1S/C20H26O2/c1-14(21)18-2-4-19(5-3-18)22-7-6-20-11-15-8-16(12-20)10-17(9-15)13-20/h2-5,15-17H,6-13H2,1H3. The molecule has 5 rings (SSSR count). The third kappa shape index (κ3) is 2.68. The van der Waals surface area contributed by atoms with E-state index in [9.17, 15) is 4.79 Å². The molecule has 4 aliphatic rings. The zero-order chi connectivity index (χ0) is 15.2. The molecule has 4 bridgehead atoms. The molecule has 118 valence electrons. The largest absolute Gasteiger partial charge is 0.494 e. The third-order valence-electron chi connectivity index (χ3n) is 6.33. The second-order valence-electron chi connectivity index (χ2n) is 8.10. The summed E-state index contributed by atoms with van der Waals surface area (Å²) in [4.78, 5) is 11.3. The van der Waals surface area contributed by atoms with Crippen molar-refractivity contribution < 1.29 is 9.53 Å². The average molecular weight is 298 g/mol. The molecule has 2 nitrogen and oxygen atoms in total. The SMILES string of the molecule is CC(=O)c1ccc(OCCC23CC4CC(CC(C4)C2)C3)cc1. The Morgan fingerprint density at radius 1 is 1.05 bits per heavy atom. The topological polar surface area (TPSA) is 26.3 Å². The molecule has 22 heavy (non-hydrogen) atoms. The predicted molar refractivity (Wildman–Crippen MR) is 87.2 cm³/mol. The van der Waals surface area contributed by atoms with Gasteiger partial charge in [0.05, 0.1) is 6.61 Å². The van der Waals surface area contributed by atoms with Crippen molar-refractivity contribution in [3.05, 3.63) is 29.8 Å². The maximum atomic E-state index is 11.3. The van der Waals surface area contributed by atoms with E-state index in [1.165, 1.54) is 44.9 Å². The molecule has 0 N–H and O–H groups in total. The maximum Gasteiger partial charge on any atom is 0.159 e. The van der Waals surface area contributed by atoms with Crippen LogP contribution in [0.2, 0.25) is 0 Å². The number of benzene rings is 1. The van der Waals surface area contributed by atoms with Gasteiger partial charge in [-0.2, -0.15) is 0 Å². The minimum Gasteiger partial charge on any atom is -0.494 e. The highest BCUT2D eigenvalue weighted by molar-refractivity contribution is 5.94. The number of ketones is 1. The van der Waals surface area contributed by atoms with E-state index in [1.807, 2.05) is 24.3 Å². The highest BCUT2D eigenvalue weighted by Crippen LogP contribution is 2.61. The summed E-state index contributed by atoms with van der Waals surface area (Å²) in [5.41, 5.74) is 1.35. The first-order valence-corrected chi connectivity index (χ1v) is 8.86. The molecule has 0 radical (unpaired) electrons. The Labute approximate surface area is 133 Å². The second-order valence-corrected chi connectivity index (χ2v) is 8.10. The first kappa shape index (κ1) is 14.3. The molecule has 4 aliphatic carbocycles. The van der Waals surface area contributed by atoms with Crippen LogP contribution in [0.4, 0.5) is 0 Å². The van der Waals surface area contributed by atoms with Crippen LogP contribution in [0.15, 0.2) is 24.3 Å². The molecule has 0 atom stereocenters. The monoisotopic (exact) mass is 298 g/mol. The summed E-state index contributed by atoms with van der Waals surface area (Å²) < 4.78 is 5.97. The van der Waals surface area contributed by atoms with Crippen LogP contribution in [0.1, 0.15) is 62.2 Å². The Balaban J connectivity index is 1.34. The van der Waals surface area contributed by atoms with E-state index in [-0.39, 0.29) is 5.78 Å². The van der Waals surface area contributed by atoms with E-state index in [1.54, 1.807) is 6.92 Å². The molecule has 1 aromatic carbocycles. The molecule has 4 fully saturated rings. The van der Waals surface area contributed by atoms with Crippen molar-refractivity contribution in [3.8, 4) is 5.75 Å². The van der Waals surface area contributed by atoms with Crippen LogP contribution in [0, 0.1) is 23.2 Å². The lowest BCUT2D eigenvalue weighted by Gasteiger charge is -2.57. The number of rotatable bonds is 5. The van der Waals surface area contributed by atoms with Gasteiger partial charge in [0.15, 0.2) is 5.78 Å². The summed E-state index contributed by atoms with van der Waals surface area (Å²) in [5.74, 6) is 4.05. The minimum atomic E-state index is 0.111. The number of carbonyl (C=O) groups excluding carboxylic acids is 1. The van der Waals surface area contributed by atoms with Crippen molar-refractivity contribution >= 4 is 5.78 Å². The van der Waals surface area contributed by atoms with Crippen LogP contribution < -0.4 is 4.74 Å². The zero-order valence-corrected chi connectivity index (χ0v) is 13.5. The van der Waals surface area contributed by atoms with E-state index in [4.69, 9.17) is 4.74 Å². The van der Waals surface area contributed by atoms with Gasteiger partial charge in [0.1, 0.15) is 5.75 Å². The van der Waals surface area contributed by atoms with Gasteiger partial charge >= 0.3 is 0 Å². The number of ether oxygens (including phenoxy) is 1. The molecular formula is C20H26O2. The summed E-state index contributed by atoms with van der Waals surface area (Å²) in [6.45, 7) is 2.43. The van der Waals surface area contributed by atoms with Gasteiger partial charge in [-0.1, -0.05) is 0 Å². The summed E-state index contributed by atoms with van der Waals surface area (Å²) in [6.07, 6.45) is 10.1. The smallest absolute Gasteiger partial charge is 0.159 e. The number of Topliss-reactive ketones (excluding diaryl/α,β-unsaturated/α-hetero) is 1. The van der Waals surface area contributed by atoms with Crippen LogP contribution in [0.25, 0.3) is 0 Å². The Morgan fingerprint density at radius 3 is 2.09 bits per heavy atom. The Bertz CT molecular complexity index is 522. The normalized spacial score (nSPS) is 35.6. The molecule has 0 aliphatic heterocycles. The average Bonchev–Trinajstić information content (AvgIpc) is 2.46. The van der Waals surface area contributed by atoms with Crippen molar-refractivity contribution in [2.45, 2.75) is 51.9 Å². The molecule has 0 spiro atoms. The third-order valence-corrected chi connectivity index (χ3v) is 6.33. The number of carbonyl (C=O) groups is 1. The molecule has 0 heterocycles. The zero-order valence-electron chi connectivity index (χ0n) is 13.5. The fourth-order valence-electron chi connectivity index (χ4n) is 5.77. The molecule has 1 aromatic rings. The Morgan fingerprint density at radius 2 is 1.59 bits per heavy atom.